The van der Waals surface area contributed by atoms with Gasteiger partial charge in [-0.1, -0.05) is 0 Å². The van der Waals surface area contributed by atoms with Crippen LogP contribution >= 0.6 is 0 Å². The first-order valence-electron chi connectivity index (χ1n) is 15.0. The fraction of sp³-hybridized carbons (Fsp3) is 0.469. The van der Waals surface area contributed by atoms with E-state index in [1.165, 1.54) is 0 Å². The van der Waals surface area contributed by atoms with Crippen LogP contribution < -0.4 is 34.8 Å². The van der Waals surface area contributed by atoms with Gasteiger partial charge in [-0.25, -0.2) is 10.0 Å². The van der Waals surface area contributed by atoms with E-state index in [1.54, 1.807) is 18.3 Å². The van der Waals surface area contributed by atoms with E-state index in [1.807, 2.05) is 55.3 Å². The van der Waals surface area contributed by atoms with Crippen molar-refractivity contribution in [2.75, 3.05) is 69.4 Å². The van der Waals surface area contributed by atoms with Gasteiger partial charge in [-0.3, -0.25) is 9.78 Å². The molecule has 2 saturated heterocycles. The van der Waals surface area contributed by atoms with Gasteiger partial charge in [-0.05, 0) is 57.0 Å². The Kier molecular flexibility index (Phi) is 10.1. The van der Waals surface area contributed by atoms with Gasteiger partial charge in [0.15, 0.2) is 11.5 Å². The largest absolute Gasteiger partial charge is 0.493 e. The molecular weight excluding hydrogens is 546 g/mol. The van der Waals surface area contributed by atoms with E-state index in [0.717, 1.165) is 66.9 Å². The number of rotatable bonds is 12. The number of pyridine rings is 1. The number of aromatic nitrogens is 1. The summed E-state index contributed by atoms with van der Waals surface area (Å²) in [5.41, 5.74) is 2.83. The summed E-state index contributed by atoms with van der Waals surface area (Å²) in [4.78, 5) is 18.9. The Balaban J connectivity index is 1.29. The Bertz CT molecular complexity index is 1410. The van der Waals surface area contributed by atoms with Crippen LogP contribution in [0, 0.1) is 11.3 Å². The lowest BCUT2D eigenvalue weighted by molar-refractivity contribution is -0.110. The minimum absolute atomic E-state index is 0.0782. The highest BCUT2D eigenvalue weighted by atomic mass is 16.5. The van der Waals surface area contributed by atoms with Crippen LogP contribution in [0.25, 0.3) is 10.9 Å². The molecule has 2 aliphatic rings. The molecule has 2 fully saturated rings. The Hall–Kier alpha value is -4.11. The third-order valence-corrected chi connectivity index (χ3v) is 7.78. The summed E-state index contributed by atoms with van der Waals surface area (Å²) in [7, 11) is 1.63. The number of benzene rings is 2. The Morgan fingerprint density at radius 2 is 1.93 bits per heavy atom. The Morgan fingerprint density at radius 3 is 2.58 bits per heavy atom. The third-order valence-electron chi connectivity index (χ3n) is 7.78. The molecule has 2 aliphatic heterocycles. The van der Waals surface area contributed by atoms with Crippen molar-refractivity contribution in [3.05, 3.63) is 48.2 Å². The second-order valence-electron chi connectivity index (χ2n) is 11.0. The van der Waals surface area contributed by atoms with Crippen molar-refractivity contribution in [2.45, 2.75) is 38.8 Å². The molecule has 3 aromatic rings. The molecule has 3 heterocycles. The van der Waals surface area contributed by atoms with Gasteiger partial charge in [-0.2, -0.15) is 5.26 Å². The summed E-state index contributed by atoms with van der Waals surface area (Å²) in [6.45, 7) is 9.97. The van der Waals surface area contributed by atoms with E-state index < -0.39 is 0 Å². The van der Waals surface area contributed by atoms with Crippen molar-refractivity contribution >= 4 is 28.7 Å². The van der Waals surface area contributed by atoms with Crippen molar-refractivity contribution in [1.29, 1.82) is 5.26 Å². The van der Waals surface area contributed by atoms with Crippen LogP contribution in [0.4, 0.5) is 11.4 Å². The lowest BCUT2D eigenvalue weighted by Crippen LogP contribution is -2.54. The molecule has 1 unspecified atom stereocenters. The van der Waals surface area contributed by atoms with Crippen LogP contribution in [-0.2, 0) is 4.79 Å². The number of amides is 1. The maximum Gasteiger partial charge on any atom is 0.228 e. The summed E-state index contributed by atoms with van der Waals surface area (Å²) >= 11 is 0. The zero-order valence-corrected chi connectivity index (χ0v) is 25.2. The first-order chi connectivity index (χ1) is 21.0. The van der Waals surface area contributed by atoms with Gasteiger partial charge in [0.1, 0.15) is 11.8 Å². The predicted molar refractivity (Wildman–Crippen MR) is 167 cm³/mol. The number of hydrogen-bond acceptors (Lipinski definition) is 10. The van der Waals surface area contributed by atoms with Crippen LogP contribution in [0.15, 0.2) is 42.6 Å². The second-order valence-corrected chi connectivity index (χ2v) is 11.0. The number of hydrogen-bond donors (Lipinski definition) is 2. The Labute approximate surface area is 253 Å². The van der Waals surface area contributed by atoms with Crippen LogP contribution in [0.2, 0.25) is 0 Å². The molecule has 1 aromatic heterocycles. The van der Waals surface area contributed by atoms with Gasteiger partial charge in [-0.15, -0.1) is 0 Å². The molecule has 0 spiro atoms. The molecule has 11 nitrogen and oxygen atoms in total. The van der Waals surface area contributed by atoms with E-state index in [2.05, 4.69) is 26.6 Å². The van der Waals surface area contributed by atoms with E-state index in [4.69, 9.17) is 14.2 Å². The molecule has 1 amide bonds. The number of nitrogens with zero attached hydrogens (tertiary/aromatic N) is 5. The lowest BCUT2D eigenvalue weighted by Gasteiger charge is -2.40. The number of hydrazine groups is 1. The van der Waals surface area contributed by atoms with Crippen molar-refractivity contribution < 1.29 is 19.0 Å². The number of fused-ring (bicyclic) bond motifs is 1. The number of ether oxygens (including phenoxy) is 3. The normalized spacial score (nSPS) is 17.5. The van der Waals surface area contributed by atoms with Gasteiger partial charge in [0.25, 0.3) is 0 Å². The van der Waals surface area contributed by atoms with Gasteiger partial charge in [0.2, 0.25) is 6.41 Å². The van der Waals surface area contributed by atoms with Crippen molar-refractivity contribution in [1.82, 2.24) is 20.6 Å². The number of carbonyl (C=O) groups excluding carboxylic acids is 1. The topological polar surface area (TPSA) is 115 Å². The molecule has 0 radical (unpaired) electrons. The quantitative estimate of drug-likeness (QED) is 0.242. The zero-order chi connectivity index (χ0) is 30.2. The maximum absolute atomic E-state index is 12.1. The monoisotopic (exact) mass is 587 g/mol. The first-order valence-corrected chi connectivity index (χ1v) is 15.0. The molecule has 228 valence electrons. The minimum Gasteiger partial charge on any atom is -0.493 e. The van der Waals surface area contributed by atoms with Crippen molar-refractivity contribution in [3.63, 3.8) is 0 Å². The van der Waals surface area contributed by atoms with Gasteiger partial charge in [0, 0.05) is 69.5 Å². The summed E-state index contributed by atoms with van der Waals surface area (Å²) in [5, 5.41) is 21.4. The number of anilines is 2. The molecule has 2 aromatic carbocycles. The molecule has 11 heteroatoms. The predicted octanol–water partition coefficient (Wildman–Crippen LogP) is 3.32. The molecule has 0 saturated carbocycles. The summed E-state index contributed by atoms with van der Waals surface area (Å²) < 4.78 is 17.6. The molecular formula is C32H41N7O4. The fourth-order valence-electron chi connectivity index (χ4n) is 5.69. The van der Waals surface area contributed by atoms with Gasteiger partial charge in [0.05, 0.1) is 42.3 Å². The van der Waals surface area contributed by atoms with Crippen LogP contribution in [0.1, 0.15) is 32.3 Å². The van der Waals surface area contributed by atoms with Crippen LogP contribution in [-0.4, -0.2) is 88.1 Å². The number of nitrogens with one attached hydrogen (secondary N) is 2. The minimum atomic E-state index is 0.0782. The highest BCUT2D eigenvalue weighted by Gasteiger charge is 2.26. The second kappa shape index (κ2) is 14.4. The SMILES string of the molecule is COc1cc2c(N3CCN(N(C=O)c4ccc(OC(C)C)cc4)CC3)c(C#N)cnc2cc1OCCCC1CNCCN1. The standard InChI is InChI=1S/C32H41N7O4/c1-23(2)43-27-8-6-26(7-9-27)39(22-40)38-14-12-37(13-15-38)32-24(19-33)20-36-29-18-31(30(41-3)17-28(29)32)42-16-4-5-25-21-34-10-11-35-25/h6-9,17-18,20,22-23,25,34-35H,4-5,10-16,21H2,1-3H3. The van der Waals surface area contributed by atoms with Crippen molar-refractivity contribution in [3.8, 4) is 23.3 Å². The number of piperazine rings is 2. The number of nitriles is 1. The lowest BCUT2D eigenvalue weighted by atomic mass is 10.1. The maximum atomic E-state index is 12.1. The van der Waals surface area contributed by atoms with Gasteiger partial charge >= 0.3 is 0 Å². The molecule has 0 bridgehead atoms. The van der Waals surface area contributed by atoms with E-state index >= 15 is 0 Å². The van der Waals surface area contributed by atoms with Crippen LogP contribution in [0.3, 0.4) is 0 Å². The van der Waals surface area contributed by atoms with Gasteiger partial charge < -0.3 is 29.7 Å². The highest BCUT2D eigenvalue weighted by molar-refractivity contribution is 5.96. The smallest absolute Gasteiger partial charge is 0.228 e. The average Bonchev–Trinajstić information content (AvgIpc) is 3.04. The fourth-order valence-corrected chi connectivity index (χ4v) is 5.69. The molecule has 5 rings (SSSR count). The van der Waals surface area contributed by atoms with Crippen LogP contribution in [0.5, 0.6) is 17.2 Å². The Morgan fingerprint density at radius 1 is 1.14 bits per heavy atom. The zero-order valence-electron chi connectivity index (χ0n) is 25.2. The van der Waals surface area contributed by atoms with Crippen molar-refractivity contribution in [2.24, 2.45) is 0 Å². The summed E-state index contributed by atoms with van der Waals surface area (Å²) in [6, 6.07) is 14.1. The van der Waals surface area contributed by atoms with E-state index in [-0.39, 0.29) is 6.10 Å². The van der Waals surface area contributed by atoms with E-state index in [9.17, 15) is 10.1 Å². The van der Waals surface area contributed by atoms with E-state index in [0.29, 0.717) is 55.9 Å². The summed E-state index contributed by atoms with van der Waals surface area (Å²) in [5.74, 6) is 2.02. The summed E-state index contributed by atoms with van der Waals surface area (Å²) in [6.07, 6.45) is 4.49. The first kappa shape index (κ1) is 30.4. The highest BCUT2D eigenvalue weighted by Crippen LogP contribution is 2.38. The average molecular weight is 588 g/mol. The molecule has 43 heavy (non-hydrogen) atoms. The molecule has 1 atom stereocenters. The number of methoxy groups -OCH3 is 1. The molecule has 0 aliphatic carbocycles. The third kappa shape index (κ3) is 7.28. The number of carbonyl (C=O) groups is 1. The molecule has 2 N–H and O–H groups in total.